The van der Waals surface area contributed by atoms with Crippen molar-refractivity contribution < 1.29 is 17.9 Å². The van der Waals surface area contributed by atoms with Crippen molar-refractivity contribution >= 4 is 54.3 Å². The van der Waals surface area contributed by atoms with Crippen molar-refractivity contribution in [2.24, 2.45) is 5.73 Å². The highest BCUT2D eigenvalue weighted by Crippen LogP contribution is 2.34. The van der Waals surface area contributed by atoms with Crippen LogP contribution in [-0.4, -0.2) is 106 Å². The van der Waals surface area contributed by atoms with Crippen LogP contribution in [0.2, 0.25) is 0 Å². The average Bonchev–Trinajstić information content (AvgIpc) is 3.70. The Morgan fingerprint density at radius 2 is 1.72 bits per heavy atom. The number of thiazole rings is 1. The molecule has 2 N–H and O–H groups in total. The third kappa shape index (κ3) is 5.51. The van der Waals surface area contributed by atoms with E-state index in [2.05, 4.69) is 19.7 Å². The topological polar surface area (TPSA) is 153 Å². The van der Waals surface area contributed by atoms with Crippen molar-refractivity contribution in [1.82, 2.24) is 33.7 Å². The van der Waals surface area contributed by atoms with Gasteiger partial charge in [0.2, 0.25) is 5.91 Å². The number of hydrogen-bond acceptors (Lipinski definition) is 12. The van der Waals surface area contributed by atoms with Crippen molar-refractivity contribution in [3.05, 3.63) is 59.9 Å². The van der Waals surface area contributed by atoms with Crippen LogP contribution in [0.1, 0.15) is 18.9 Å². The summed E-state index contributed by atoms with van der Waals surface area (Å²) in [6.07, 6.45) is 3.14. The number of amides is 1. The molecule has 2 aliphatic heterocycles. The van der Waals surface area contributed by atoms with Crippen LogP contribution in [0.25, 0.3) is 32.8 Å². The number of hydrogen-bond donors (Lipinski definition) is 1. The summed E-state index contributed by atoms with van der Waals surface area (Å²) in [7, 11) is -3.82. The molecule has 0 spiro atoms. The number of fused-ring (bicyclic) bond motifs is 2. The molecule has 0 atom stereocenters. The molecule has 1 amide bonds. The van der Waals surface area contributed by atoms with Gasteiger partial charge in [-0.3, -0.25) is 19.6 Å². The minimum absolute atomic E-state index is 0.202. The fourth-order valence-electron chi connectivity index (χ4n) is 5.97. The monoisotopic (exact) mass is 661 g/mol. The van der Waals surface area contributed by atoms with Gasteiger partial charge in [-0.05, 0) is 38.1 Å². The fourth-order valence-corrected chi connectivity index (χ4v) is 8.31. The van der Waals surface area contributed by atoms with Crippen LogP contribution in [0, 0.1) is 0 Å². The maximum Gasteiger partial charge on any atom is 0.268 e. The number of carbonyl (C=O) groups excluding carboxylic acids is 1. The Morgan fingerprint density at radius 1 is 0.978 bits per heavy atom. The third-order valence-corrected chi connectivity index (χ3v) is 11.5. The minimum Gasteiger partial charge on any atom is -0.378 e. The van der Waals surface area contributed by atoms with Gasteiger partial charge in [0.25, 0.3) is 10.0 Å². The molecule has 15 heteroatoms. The van der Waals surface area contributed by atoms with E-state index in [1.54, 1.807) is 54.9 Å². The first-order valence-corrected chi connectivity index (χ1v) is 17.4. The van der Waals surface area contributed by atoms with E-state index in [0.717, 1.165) is 41.5 Å². The number of benzene rings is 1. The highest BCUT2D eigenvalue weighted by molar-refractivity contribution is 7.90. The molecule has 6 heterocycles. The molecule has 0 aliphatic carbocycles. The Balaban J connectivity index is 1.24. The molecule has 0 saturated carbocycles. The molecule has 2 aliphatic rings. The van der Waals surface area contributed by atoms with Crippen molar-refractivity contribution in [2.75, 3.05) is 57.4 Å². The maximum absolute atomic E-state index is 13.5. The number of aromatic nitrogens is 5. The number of ether oxygens (including phenoxy) is 1. The van der Waals surface area contributed by atoms with E-state index >= 15 is 0 Å². The quantitative estimate of drug-likeness (QED) is 0.261. The van der Waals surface area contributed by atoms with Crippen molar-refractivity contribution in [3.63, 3.8) is 0 Å². The summed E-state index contributed by atoms with van der Waals surface area (Å²) in [4.78, 5) is 39.1. The lowest BCUT2D eigenvalue weighted by molar-refractivity contribution is -0.129. The molecule has 1 aromatic carbocycles. The van der Waals surface area contributed by atoms with Gasteiger partial charge in [-0.2, -0.15) is 0 Å². The number of morpholine rings is 1. The predicted octanol–water partition coefficient (Wildman–Crippen LogP) is 2.56. The molecular weight excluding hydrogens is 627 g/mol. The Labute approximate surface area is 270 Å². The summed E-state index contributed by atoms with van der Waals surface area (Å²) in [5.41, 5.74) is 6.68. The predicted molar refractivity (Wildman–Crippen MR) is 176 cm³/mol. The zero-order valence-electron chi connectivity index (χ0n) is 25.7. The molecule has 7 rings (SSSR count). The van der Waals surface area contributed by atoms with Crippen LogP contribution in [0.4, 0.5) is 5.82 Å². The largest absolute Gasteiger partial charge is 0.378 e. The smallest absolute Gasteiger partial charge is 0.268 e. The van der Waals surface area contributed by atoms with E-state index in [9.17, 15) is 13.2 Å². The van der Waals surface area contributed by atoms with Gasteiger partial charge in [0.05, 0.1) is 35.7 Å². The van der Waals surface area contributed by atoms with Gasteiger partial charge in [0.1, 0.15) is 21.0 Å². The highest BCUT2D eigenvalue weighted by Gasteiger charge is 2.35. The number of rotatable bonds is 8. The summed E-state index contributed by atoms with van der Waals surface area (Å²) in [5.74, 6) is 0.803. The van der Waals surface area contributed by atoms with E-state index in [0.29, 0.717) is 61.1 Å². The zero-order chi connectivity index (χ0) is 32.1. The van der Waals surface area contributed by atoms with E-state index in [1.807, 2.05) is 13.8 Å². The molecule has 46 heavy (non-hydrogen) atoms. The molecule has 13 nitrogen and oxygen atoms in total. The van der Waals surface area contributed by atoms with Crippen LogP contribution >= 0.6 is 11.3 Å². The second-order valence-corrected chi connectivity index (χ2v) is 14.8. The number of piperazine rings is 1. The lowest BCUT2D eigenvalue weighted by Gasteiger charge is -2.42. The molecule has 0 bridgehead atoms. The second-order valence-electron chi connectivity index (χ2n) is 11.9. The lowest BCUT2D eigenvalue weighted by Crippen LogP contribution is -2.59. The first kappa shape index (κ1) is 30.6. The molecular formula is C31H35N9O4S2. The molecule has 0 radical (unpaired) electrons. The number of nitrogens with zero attached hydrogens (tertiary/aromatic N) is 8. The number of nitrogens with two attached hydrogens (primary N) is 1. The van der Waals surface area contributed by atoms with Gasteiger partial charge in [-0.1, -0.05) is 29.5 Å². The van der Waals surface area contributed by atoms with Gasteiger partial charge in [-0.25, -0.2) is 27.3 Å². The fraction of sp³-hybridized carbons (Fsp3) is 0.387. The number of anilines is 1. The van der Waals surface area contributed by atoms with Crippen LogP contribution in [0.5, 0.6) is 0 Å². The molecule has 0 unspecified atom stereocenters. The van der Waals surface area contributed by atoms with Crippen molar-refractivity contribution in [1.29, 1.82) is 0 Å². The first-order valence-electron chi connectivity index (χ1n) is 15.2. The first-order chi connectivity index (χ1) is 22.1. The highest BCUT2D eigenvalue weighted by atomic mass is 32.2. The maximum atomic E-state index is 13.5. The van der Waals surface area contributed by atoms with Gasteiger partial charge < -0.3 is 15.4 Å². The summed E-state index contributed by atoms with van der Waals surface area (Å²) in [6, 6.07) is 11.8. The Morgan fingerprint density at radius 3 is 2.43 bits per heavy atom. The number of primary amides is 1. The molecule has 2 fully saturated rings. The van der Waals surface area contributed by atoms with E-state index < -0.39 is 15.6 Å². The van der Waals surface area contributed by atoms with Crippen LogP contribution in [0.3, 0.4) is 0 Å². The average molecular weight is 662 g/mol. The van der Waals surface area contributed by atoms with E-state index in [1.165, 1.54) is 15.3 Å². The Kier molecular flexibility index (Phi) is 7.97. The zero-order valence-corrected chi connectivity index (χ0v) is 27.3. The molecule has 5 aromatic rings. The second kappa shape index (κ2) is 12.0. The molecule has 4 aromatic heterocycles. The normalized spacial score (nSPS) is 17.2. The summed E-state index contributed by atoms with van der Waals surface area (Å²) >= 11 is 1.52. The van der Waals surface area contributed by atoms with E-state index in [-0.39, 0.29) is 10.8 Å². The number of carbonyl (C=O) groups is 1. The van der Waals surface area contributed by atoms with Gasteiger partial charge in [-0.15, -0.1) is 0 Å². The minimum atomic E-state index is -3.82. The standard InChI is InChI=1S/C31H35N9O4S2/c1-31(2,30(32)41)39-14-12-37(13-15-39)20-24-34-26-28(38-16-18-44-19-17-38)35-27(36-29(26)45-24)25-22-9-11-40(23(22)8-10-33-25)46(42,43)21-6-4-3-5-7-21/h3-11H,12-20H2,1-2H3,(H2,32,41). The van der Waals surface area contributed by atoms with Crippen molar-refractivity contribution in [2.45, 2.75) is 30.8 Å². The third-order valence-electron chi connectivity index (χ3n) is 8.81. The summed E-state index contributed by atoms with van der Waals surface area (Å²) < 4.78 is 33.9. The Bertz CT molecular complexity index is 2010. The SMILES string of the molecule is CC(C)(C(N)=O)N1CCN(Cc2nc3c(N4CCOCC4)nc(-c4nccc5c4ccn5S(=O)(=O)c4ccccc4)nc3s2)CC1. The summed E-state index contributed by atoms with van der Waals surface area (Å²) in [5, 5.41) is 1.56. The van der Waals surface area contributed by atoms with Crippen LogP contribution in [-0.2, 0) is 26.1 Å². The van der Waals surface area contributed by atoms with E-state index in [4.69, 9.17) is 25.4 Å². The van der Waals surface area contributed by atoms with Gasteiger partial charge in [0.15, 0.2) is 11.6 Å². The van der Waals surface area contributed by atoms with Gasteiger partial charge >= 0.3 is 0 Å². The molecule has 2 saturated heterocycles. The number of pyridine rings is 1. The van der Waals surface area contributed by atoms with Crippen LogP contribution < -0.4 is 10.6 Å². The van der Waals surface area contributed by atoms with Gasteiger partial charge in [0, 0.05) is 57.0 Å². The van der Waals surface area contributed by atoms with Crippen LogP contribution in [0.15, 0.2) is 59.8 Å². The Hall–Kier alpha value is -4.02. The molecule has 240 valence electrons. The summed E-state index contributed by atoms with van der Waals surface area (Å²) in [6.45, 7) is 9.93. The van der Waals surface area contributed by atoms with Crippen molar-refractivity contribution in [3.8, 4) is 11.5 Å². The lowest BCUT2D eigenvalue weighted by atomic mass is 10.0.